The Morgan fingerprint density at radius 1 is 1.53 bits per heavy atom. The number of carbonyl (C=O) groups is 1. The third-order valence-electron chi connectivity index (χ3n) is 2.67. The van der Waals surface area contributed by atoms with Crippen LogP contribution in [0.4, 0.5) is 5.69 Å². The highest BCUT2D eigenvalue weighted by atomic mass is 32.1. The molecular weight excluding hydrogens is 260 g/mol. The van der Waals surface area contributed by atoms with Crippen molar-refractivity contribution in [3.63, 3.8) is 0 Å². The van der Waals surface area contributed by atoms with Gasteiger partial charge in [-0.1, -0.05) is 0 Å². The number of carbonyl (C=O) groups excluding carboxylic acids is 1. The molecule has 0 saturated heterocycles. The molecule has 0 spiro atoms. The van der Waals surface area contributed by atoms with Gasteiger partial charge < -0.3 is 15.2 Å². The molecule has 102 valence electrons. The molecule has 0 saturated carbocycles. The summed E-state index contributed by atoms with van der Waals surface area (Å²) < 4.78 is 2.07. The predicted molar refractivity (Wildman–Crippen MR) is 77.2 cm³/mol. The molecule has 0 aliphatic rings. The minimum atomic E-state index is -0.0280. The summed E-state index contributed by atoms with van der Waals surface area (Å²) in [5, 5.41) is 8.22. The van der Waals surface area contributed by atoms with Crippen molar-refractivity contribution in [2.24, 2.45) is 0 Å². The average molecular weight is 278 g/mol. The molecular formula is C13H18N4OS. The summed E-state index contributed by atoms with van der Waals surface area (Å²) in [6, 6.07) is 1.94. The molecule has 2 N–H and O–H groups in total. The second-order valence-corrected chi connectivity index (χ2v) is 5.27. The summed E-state index contributed by atoms with van der Waals surface area (Å²) in [5.74, 6) is -0.0280. The Labute approximate surface area is 116 Å². The van der Waals surface area contributed by atoms with E-state index < -0.39 is 0 Å². The van der Waals surface area contributed by atoms with Gasteiger partial charge in [-0.25, -0.2) is 4.98 Å². The number of amides is 1. The largest absolute Gasteiger partial charge is 0.337 e. The molecule has 0 aromatic carbocycles. The highest BCUT2D eigenvalue weighted by Gasteiger charge is 2.04. The first kappa shape index (κ1) is 13.8. The average Bonchev–Trinajstić information content (AvgIpc) is 3.00. The zero-order chi connectivity index (χ0) is 13.5. The first-order valence-electron chi connectivity index (χ1n) is 6.26. The Morgan fingerprint density at radius 3 is 3.16 bits per heavy atom. The van der Waals surface area contributed by atoms with E-state index >= 15 is 0 Å². The second kappa shape index (κ2) is 7.06. The molecule has 0 radical (unpaired) electrons. The first-order chi connectivity index (χ1) is 9.25. The fourth-order valence-electron chi connectivity index (χ4n) is 1.79. The van der Waals surface area contributed by atoms with Crippen LogP contribution in [-0.4, -0.2) is 22.0 Å². The predicted octanol–water partition coefficient (Wildman–Crippen LogP) is 2.08. The molecule has 6 heteroatoms. The number of aryl methyl sites for hydroxylation is 1. The van der Waals surface area contributed by atoms with Crippen LogP contribution in [0.3, 0.4) is 0 Å². The van der Waals surface area contributed by atoms with Gasteiger partial charge in [0, 0.05) is 37.3 Å². The SMILES string of the molecule is CC(=O)Nc1ccsc1CNCCCn1ccnc1. The van der Waals surface area contributed by atoms with Gasteiger partial charge >= 0.3 is 0 Å². The maximum atomic E-state index is 11.0. The first-order valence-corrected chi connectivity index (χ1v) is 7.14. The molecule has 19 heavy (non-hydrogen) atoms. The number of thiophene rings is 1. The van der Waals surface area contributed by atoms with E-state index in [0.29, 0.717) is 0 Å². The van der Waals surface area contributed by atoms with Crippen LogP contribution < -0.4 is 10.6 Å². The molecule has 2 rings (SSSR count). The molecule has 1 amide bonds. The maximum Gasteiger partial charge on any atom is 0.221 e. The van der Waals surface area contributed by atoms with E-state index in [1.54, 1.807) is 17.5 Å². The van der Waals surface area contributed by atoms with Gasteiger partial charge in [0.1, 0.15) is 0 Å². The topological polar surface area (TPSA) is 59.0 Å². The lowest BCUT2D eigenvalue weighted by Crippen LogP contribution is -2.17. The summed E-state index contributed by atoms with van der Waals surface area (Å²) in [7, 11) is 0. The van der Waals surface area contributed by atoms with Crippen molar-refractivity contribution in [1.29, 1.82) is 0 Å². The number of hydrogen-bond donors (Lipinski definition) is 2. The van der Waals surface area contributed by atoms with Crippen LogP contribution in [0.1, 0.15) is 18.2 Å². The molecule has 0 fully saturated rings. The van der Waals surface area contributed by atoms with Crippen LogP contribution in [0.15, 0.2) is 30.2 Å². The van der Waals surface area contributed by atoms with Crippen LogP contribution in [-0.2, 0) is 17.9 Å². The Morgan fingerprint density at radius 2 is 2.42 bits per heavy atom. The van der Waals surface area contributed by atoms with Gasteiger partial charge in [0.05, 0.1) is 12.0 Å². The molecule has 2 aromatic heterocycles. The number of aromatic nitrogens is 2. The number of rotatable bonds is 7. The Bertz CT molecular complexity index is 506. The standard InChI is InChI=1S/C13H18N4OS/c1-11(18)16-12-3-8-19-13(12)9-14-4-2-6-17-7-5-15-10-17/h3,5,7-8,10,14H,2,4,6,9H2,1H3,(H,16,18). The van der Waals surface area contributed by atoms with Gasteiger partial charge in [-0.2, -0.15) is 0 Å². The second-order valence-electron chi connectivity index (χ2n) is 4.27. The normalized spacial score (nSPS) is 10.6. The molecule has 0 unspecified atom stereocenters. The van der Waals surface area contributed by atoms with Gasteiger partial charge in [-0.15, -0.1) is 11.3 Å². The minimum absolute atomic E-state index is 0.0280. The smallest absolute Gasteiger partial charge is 0.221 e. The van der Waals surface area contributed by atoms with Crippen LogP contribution in [0.25, 0.3) is 0 Å². The van der Waals surface area contributed by atoms with Crippen molar-refractivity contribution in [2.45, 2.75) is 26.4 Å². The summed E-state index contributed by atoms with van der Waals surface area (Å²) in [5.41, 5.74) is 0.916. The van der Waals surface area contributed by atoms with Gasteiger partial charge in [-0.3, -0.25) is 4.79 Å². The molecule has 0 bridgehead atoms. The zero-order valence-electron chi connectivity index (χ0n) is 10.9. The van der Waals surface area contributed by atoms with E-state index in [4.69, 9.17) is 0 Å². The summed E-state index contributed by atoms with van der Waals surface area (Å²) in [6.45, 7) is 4.22. The lowest BCUT2D eigenvalue weighted by Gasteiger charge is -2.06. The third kappa shape index (κ3) is 4.50. The Kier molecular flexibility index (Phi) is 5.11. The number of hydrogen-bond acceptors (Lipinski definition) is 4. The number of imidazole rings is 1. The van der Waals surface area contributed by atoms with Crippen molar-refractivity contribution < 1.29 is 4.79 Å². The number of anilines is 1. The van der Waals surface area contributed by atoms with Crippen LogP contribution in [0, 0.1) is 0 Å². The zero-order valence-corrected chi connectivity index (χ0v) is 11.7. The van der Waals surface area contributed by atoms with E-state index in [0.717, 1.165) is 36.6 Å². The van der Waals surface area contributed by atoms with E-state index in [1.165, 1.54) is 6.92 Å². The number of nitrogens with one attached hydrogen (secondary N) is 2. The molecule has 0 atom stereocenters. The highest BCUT2D eigenvalue weighted by Crippen LogP contribution is 2.21. The summed E-state index contributed by atoms with van der Waals surface area (Å²) in [4.78, 5) is 16.2. The van der Waals surface area contributed by atoms with Crippen LogP contribution >= 0.6 is 11.3 Å². The van der Waals surface area contributed by atoms with Crippen LogP contribution in [0.2, 0.25) is 0 Å². The summed E-state index contributed by atoms with van der Waals surface area (Å²) in [6.07, 6.45) is 6.64. The third-order valence-corrected chi connectivity index (χ3v) is 3.59. The Hall–Kier alpha value is -1.66. The highest BCUT2D eigenvalue weighted by molar-refractivity contribution is 7.10. The fraction of sp³-hybridized carbons (Fsp3) is 0.385. The van der Waals surface area contributed by atoms with Crippen molar-refractivity contribution in [3.05, 3.63) is 35.0 Å². The van der Waals surface area contributed by atoms with E-state index in [1.807, 2.05) is 24.0 Å². The lowest BCUT2D eigenvalue weighted by molar-refractivity contribution is -0.114. The molecule has 2 heterocycles. The van der Waals surface area contributed by atoms with Crippen molar-refractivity contribution in [3.8, 4) is 0 Å². The molecule has 0 aliphatic heterocycles. The Balaban J connectivity index is 1.68. The van der Waals surface area contributed by atoms with Crippen LogP contribution in [0.5, 0.6) is 0 Å². The maximum absolute atomic E-state index is 11.0. The van der Waals surface area contributed by atoms with Crippen molar-refractivity contribution in [1.82, 2.24) is 14.9 Å². The minimum Gasteiger partial charge on any atom is -0.337 e. The fourth-order valence-corrected chi connectivity index (χ4v) is 2.59. The summed E-state index contributed by atoms with van der Waals surface area (Å²) >= 11 is 1.65. The van der Waals surface area contributed by atoms with Gasteiger partial charge in [0.25, 0.3) is 0 Å². The van der Waals surface area contributed by atoms with E-state index in [-0.39, 0.29) is 5.91 Å². The van der Waals surface area contributed by atoms with Gasteiger partial charge in [-0.05, 0) is 24.4 Å². The van der Waals surface area contributed by atoms with E-state index in [9.17, 15) is 4.79 Å². The quantitative estimate of drug-likeness (QED) is 0.762. The molecule has 0 aliphatic carbocycles. The lowest BCUT2D eigenvalue weighted by atomic mass is 10.3. The van der Waals surface area contributed by atoms with E-state index in [2.05, 4.69) is 20.2 Å². The monoisotopic (exact) mass is 278 g/mol. The van der Waals surface area contributed by atoms with Gasteiger partial charge in [0.2, 0.25) is 5.91 Å². The number of nitrogens with zero attached hydrogens (tertiary/aromatic N) is 2. The van der Waals surface area contributed by atoms with Gasteiger partial charge in [0.15, 0.2) is 0 Å². The molecule has 2 aromatic rings. The van der Waals surface area contributed by atoms with Crippen molar-refractivity contribution >= 4 is 22.9 Å². The molecule has 5 nitrogen and oxygen atoms in total. The van der Waals surface area contributed by atoms with Crippen molar-refractivity contribution in [2.75, 3.05) is 11.9 Å².